The average Bonchev–Trinajstić information content (AvgIpc) is 2.55. The summed E-state index contributed by atoms with van der Waals surface area (Å²) in [6.07, 6.45) is 1.54. The third-order valence-electron chi connectivity index (χ3n) is 3.50. The van der Waals surface area contributed by atoms with Gasteiger partial charge >= 0.3 is 0 Å². The van der Waals surface area contributed by atoms with Crippen molar-refractivity contribution < 1.29 is 4.79 Å². The number of nitrogens with two attached hydrogens (primary N) is 1. The van der Waals surface area contributed by atoms with Gasteiger partial charge in [0.25, 0.3) is 5.91 Å². The van der Waals surface area contributed by atoms with Crippen LogP contribution in [-0.4, -0.2) is 17.9 Å². The summed E-state index contributed by atoms with van der Waals surface area (Å²) in [4.78, 5) is 18.5. The first-order valence-electron chi connectivity index (χ1n) is 6.65. The fourth-order valence-corrected chi connectivity index (χ4v) is 2.33. The van der Waals surface area contributed by atoms with Gasteiger partial charge in [0.05, 0.1) is 5.56 Å². The van der Waals surface area contributed by atoms with Gasteiger partial charge in [0.1, 0.15) is 5.82 Å². The second kappa shape index (κ2) is 5.25. The zero-order valence-electron chi connectivity index (χ0n) is 11.7. The average molecular weight is 277 g/mol. The van der Waals surface area contributed by atoms with E-state index in [1.807, 2.05) is 54.6 Å². The number of fused-ring (bicyclic) bond motifs is 1. The molecule has 3 rings (SSSR count). The first kappa shape index (κ1) is 13.1. The number of para-hydroxylation sites is 1. The molecule has 0 spiro atoms. The lowest BCUT2D eigenvalue weighted by Crippen LogP contribution is -2.26. The van der Waals surface area contributed by atoms with E-state index in [0.29, 0.717) is 11.4 Å². The van der Waals surface area contributed by atoms with Crippen molar-refractivity contribution in [2.75, 3.05) is 17.7 Å². The predicted octanol–water partition coefficient (Wildman–Crippen LogP) is 3.09. The van der Waals surface area contributed by atoms with Crippen LogP contribution in [0, 0.1) is 0 Å². The fourth-order valence-electron chi connectivity index (χ4n) is 2.33. The van der Waals surface area contributed by atoms with Gasteiger partial charge in [-0.05, 0) is 17.5 Å². The Labute approximate surface area is 122 Å². The Morgan fingerprint density at radius 3 is 2.33 bits per heavy atom. The Morgan fingerprint density at radius 2 is 1.62 bits per heavy atom. The highest BCUT2D eigenvalue weighted by atomic mass is 16.2. The fraction of sp³-hybridized carbons (Fsp3) is 0.0588. The summed E-state index contributed by atoms with van der Waals surface area (Å²) in [5.41, 5.74) is 7.26. The standard InChI is InChI=1S/C17H15N3O/c1-20(12-7-3-2-4-8-12)17(21)15-11-19-16(18)14-10-6-5-9-13(14)15/h2-11H,1H3,(H2,18,19). The SMILES string of the molecule is CN(C(=O)c1cnc(N)c2ccccc12)c1ccccc1. The number of benzene rings is 2. The Morgan fingerprint density at radius 1 is 1.00 bits per heavy atom. The number of rotatable bonds is 2. The van der Waals surface area contributed by atoms with Gasteiger partial charge in [-0.2, -0.15) is 0 Å². The third-order valence-corrected chi connectivity index (χ3v) is 3.50. The second-order valence-corrected chi connectivity index (χ2v) is 4.80. The zero-order chi connectivity index (χ0) is 14.8. The predicted molar refractivity (Wildman–Crippen MR) is 85.3 cm³/mol. The number of hydrogen-bond acceptors (Lipinski definition) is 3. The van der Waals surface area contributed by atoms with E-state index in [-0.39, 0.29) is 5.91 Å². The van der Waals surface area contributed by atoms with Crippen molar-refractivity contribution in [1.29, 1.82) is 0 Å². The van der Waals surface area contributed by atoms with Crippen LogP contribution in [0.2, 0.25) is 0 Å². The molecule has 104 valence electrons. The van der Waals surface area contributed by atoms with Gasteiger partial charge in [-0.25, -0.2) is 4.98 Å². The molecule has 4 nitrogen and oxygen atoms in total. The Hall–Kier alpha value is -2.88. The van der Waals surface area contributed by atoms with Crippen LogP contribution in [0.3, 0.4) is 0 Å². The number of nitrogen functional groups attached to an aromatic ring is 1. The molecule has 0 atom stereocenters. The highest BCUT2D eigenvalue weighted by molar-refractivity contribution is 6.14. The molecular formula is C17H15N3O. The topological polar surface area (TPSA) is 59.2 Å². The highest BCUT2D eigenvalue weighted by Crippen LogP contribution is 2.24. The third kappa shape index (κ3) is 2.31. The zero-order valence-corrected chi connectivity index (χ0v) is 11.7. The molecule has 0 unspecified atom stereocenters. The molecule has 2 aromatic carbocycles. The van der Waals surface area contributed by atoms with E-state index in [9.17, 15) is 4.79 Å². The van der Waals surface area contributed by atoms with E-state index in [1.54, 1.807) is 18.1 Å². The maximum atomic E-state index is 12.7. The van der Waals surface area contributed by atoms with E-state index >= 15 is 0 Å². The molecule has 0 aliphatic carbocycles. The lowest BCUT2D eigenvalue weighted by molar-refractivity contribution is 0.0994. The molecule has 1 amide bonds. The molecule has 4 heteroatoms. The first-order valence-corrected chi connectivity index (χ1v) is 6.65. The van der Waals surface area contributed by atoms with Crippen molar-refractivity contribution in [3.8, 4) is 0 Å². The van der Waals surface area contributed by atoms with Crippen molar-refractivity contribution in [3.05, 3.63) is 66.4 Å². The summed E-state index contributed by atoms with van der Waals surface area (Å²) in [5.74, 6) is 0.328. The normalized spacial score (nSPS) is 10.5. The number of carbonyl (C=O) groups excluding carboxylic acids is 1. The molecule has 0 saturated carbocycles. The van der Waals surface area contributed by atoms with Crippen LogP contribution in [0.25, 0.3) is 10.8 Å². The van der Waals surface area contributed by atoms with E-state index in [0.717, 1.165) is 16.5 Å². The number of hydrogen-bond donors (Lipinski definition) is 1. The number of aromatic nitrogens is 1. The van der Waals surface area contributed by atoms with Crippen molar-refractivity contribution in [2.45, 2.75) is 0 Å². The summed E-state index contributed by atoms with van der Waals surface area (Å²) >= 11 is 0. The van der Waals surface area contributed by atoms with Crippen LogP contribution in [0.15, 0.2) is 60.8 Å². The Kier molecular flexibility index (Phi) is 3.28. The van der Waals surface area contributed by atoms with Crippen molar-refractivity contribution in [1.82, 2.24) is 4.98 Å². The largest absolute Gasteiger partial charge is 0.383 e. The number of pyridine rings is 1. The van der Waals surface area contributed by atoms with Gasteiger partial charge in [0.2, 0.25) is 0 Å². The second-order valence-electron chi connectivity index (χ2n) is 4.80. The maximum Gasteiger partial charge on any atom is 0.260 e. The molecule has 0 bridgehead atoms. The summed E-state index contributed by atoms with van der Waals surface area (Å²) in [7, 11) is 1.75. The maximum absolute atomic E-state index is 12.7. The smallest absolute Gasteiger partial charge is 0.260 e. The number of amides is 1. The van der Waals surface area contributed by atoms with Crippen molar-refractivity contribution in [2.24, 2.45) is 0 Å². The molecule has 1 heterocycles. The molecule has 2 N–H and O–H groups in total. The molecule has 0 aliphatic rings. The summed E-state index contributed by atoms with van der Waals surface area (Å²) < 4.78 is 0. The molecule has 3 aromatic rings. The number of nitrogens with zero attached hydrogens (tertiary/aromatic N) is 2. The van der Waals surface area contributed by atoms with Gasteiger partial charge in [-0.3, -0.25) is 4.79 Å². The number of anilines is 2. The van der Waals surface area contributed by atoms with Gasteiger partial charge in [-0.1, -0.05) is 42.5 Å². The van der Waals surface area contributed by atoms with Crippen LogP contribution in [-0.2, 0) is 0 Å². The minimum atomic E-state index is -0.107. The quantitative estimate of drug-likeness (QED) is 0.783. The van der Waals surface area contributed by atoms with Crippen LogP contribution < -0.4 is 10.6 Å². The lowest BCUT2D eigenvalue weighted by Gasteiger charge is -2.18. The molecule has 0 fully saturated rings. The first-order chi connectivity index (χ1) is 10.2. The van der Waals surface area contributed by atoms with Gasteiger partial charge in [-0.15, -0.1) is 0 Å². The van der Waals surface area contributed by atoms with Gasteiger partial charge < -0.3 is 10.6 Å². The molecule has 0 saturated heterocycles. The van der Waals surface area contributed by atoms with Crippen LogP contribution in [0.4, 0.5) is 11.5 Å². The van der Waals surface area contributed by atoms with E-state index in [4.69, 9.17) is 5.73 Å². The summed E-state index contributed by atoms with van der Waals surface area (Å²) in [5, 5.41) is 1.61. The molecule has 0 aliphatic heterocycles. The Balaban J connectivity index is 2.09. The van der Waals surface area contributed by atoms with E-state index in [1.165, 1.54) is 0 Å². The highest BCUT2D eigenvalue weighted by Gasteiger charge is 2.17. The van der Waals surface area contributed by atoms with E-state index in [2.05, 4.69) is 4.98 Å². The molecule has 1 aromatic heterocycles. The lowest BCUT2D eigenvalue weighted by atomic mass is 10.1. The van der Waals surface area contributed by atoms with Crippen LogP contribution in [0.1, 0.15) is 10.4 Å². The van der Waals surface area contributed by atoms with Crippen molar-refractivity contribution >= 4 is 28.2 Å². The minimum absolute atomic E-state index is 0.107. The molecular weight excluding hydrogens is 262 g/mol. The summed E-state index contributed by atoms with van der Waals surface area (Å²) in [6, 6.07) is 17.0. The van der Waals surface area contributed by atoms with Crippen molar-refractivity contribution in [3.63, 3.8) is 0 Å². The van der Waals surface area contributed by atoms with Crippen LogP contribution >= 0.6 is 0 Å². The van der Waals surface area contributed by atoms with Gasteiger partial charge in [0.15, 0.2) is 0 Å². The molecule has 21 heavy (non-hydrogen) atoms. The number of carbonyl (C=O) groups is 1. The van der Waals surface area contributed by atoms with Gasteiger partial charge in [0, 0.05) is 24.3 Å². The minimum Gasteiger partial charge on any atom is -0.383 e. The summed E-state index contributed by atoms with van der Waals surface area (Å²) in [6.45, 7) is 0. The van der Waals surface area contributed by atoms with Crippen LogP contribution in [0.5, 0.6) is 0 Å². The Bertz CT molecular complexity index is 799. The molecule has 0 radical (unpaired) electrons. The van der Waals surface area contributed by atoms with E-state index < -0.39 is 0 Å². The monoisotopic (exact) mass is 277 g/mol.